The minimum Gasteiger partial charge on any atom is -0.348 e. The number of nitrogens with one attached hydrogen (secondary N) is 1. The average Bonchev–Trinajstić information content (AvgIpc) is 3.41. The van der Waals surface area contributed by atoms with E-state index in [0.29, 0.717) is 4.88 Å². The van der Waals surface area contributed by atoms with Crippen LogP contribution in [0.1, 0.15) is 24.1 Å². The number of anilines is 1. The van der Waals surface area contributed by atoms with Crippen LogP contribution in [0.3, 0.4) is 0 Å². The zero-order valence-electron chi connectivity index (χ0n) is 13.6. The number of hydrogen-bond donors (Lipinski definition) is 1. The Morgan fingerprint density at radius 3 is 2.80 bits per heavy atom. The van der Waals surface area contributed by atoms with E-state index in [0.717, 1.165) is 35.0 Å². The summed E-state index contributed by atoms with van der Waals surface area (Å²) in [5.74, 6) is 0. The number of aromatic nitrogens is 5. The second-order valence-electron chi connectivity index (χ2n) is 5.79. The van der Waals surface area contributed by atoms with Crippen molar-refractivity contribution in [1.29, 1.82) is 5.26 Å². The number of fused-ring (bicyclic) bond motifs is 3. The third kappa shape index (κ3) is 3.19. The summed E-state index contributed by atoms with van der Waals surface area (Å²) in [7, 11) is 0. The minimum absolute atomic E-state index is 0.709. The molecular weight excluding hydrogens is 334 g/mol. The lowest BCUT2D eigenvalue weighted by molar-refractivity contribution is 0.577. The van der Waals surface area contributed by atoms with Gasteiger partial charge in [0.25, 0.3) is 0 Å². The van der Waals surface area contributed by atoms with Crippen molar-refractivity contribution in [3.63, 3.8) is 0 Å². The van der Waals surface area contributed by atoms with Crippen molar-refractivity contribution in [1.82, 2.24) is 24.3 Å². The summed E-state index contributed by atoms with van der Waals surface area (Å²) in [5, 5.41) is 9.66. The normalized spacial score (nSPS) is 14.3. The number of nitrogens with zero attached hydrogens (tertiary/aromatic N) is 6. The van der Waals surface area contributed by atoms with Crippen LogP contribution in [0, 0.1) is 11.3 Å². The van der Waals surface area contributed by atoms with Gasteiger partial charge in [-0.15, -0.1) is 0 Å². The van der Waals surface area contributed by atoms with Crippen LogP contribution in [0.4, 0.5) is 5.13 Å². The standard InChI is InChI=1S/C9H11N3S.C8H6N4/c10-6-8-7-11-9(13-8)12-4-2-1-3-5-12;1-2-10-8-6(1)12-4-3-9-7(12)5-11-8/h7H,1-5H2;1-5,10H. The molecule has 5 rings (SSSR count). The number of aromatic amines is 1. The number of rotatable bonds is 1. The lowest BCUT2D eigenvalue weighted by atomic mass is 10.1. The molecule has 25 heavy (non-hydrogen) atoms. The van der Waals surface area contributed by atoms with Crippen LogP contribution in [-0.2, 0) is 0 Å². The Kier molecular flexibility index (Phi) is 4.31. The number of nitriles is 1. The Labute approximate surface area is 148 Å². The summed E-state index contributed by atoms with van der Waals surface area (Å²) < 4.78 is 2.00. The van der Waals surface area contributed by atoms with Crippen molar-refractivity contribution in [3.05, 3.63) is 41.9 Å². The fourth-order valence-electron chi connectivity index (χ4n) is 2.93. The van der Waals surface area contributed by atoms with E-state index in [-0.39, 0.29) is 0 Å². The van der Waals surface area contributed by atoms with E-state index < -0.39 is 0 Å². The van der Waals surface area contributed by atoms with Crippen LogP contribution < -0.4 is 4.90 Å². The van der Waals surface area contributed by atoms with Crippen molar-refractivity contribution in [2.45, 2.75) is 19.3 Å². The van der Waals surface area contributed by atoms with Gasteiger partial charge in [-0.3, -0.25) is 4.40 Å². The topological polar surface area (TPSA) is 85.9 Å². The molecule has 0 unspecified atom stereocenters. The largest absolute Gasteiger partial charge is 0.348 e. The average molecular weight is 351 g/mol. The van der Waals surface area contributed by atoms with Crippen LogP contribution >= 0.6 is 11.3 Å². The molecule has 0 saturated carbocycles. The monoisotopic (exact) mass is 351 g/mol. The molecule has 1 fully saturated rings. The molecule has 4 aromatic rings. The molecule has 1 aliphatic heterocycles. The van der Waals surface area contributed by atoms with E-state index in [1.54, 1.807) is 18.6 Å². The van der Waals surface area contributed by atoms with Crippen LogP contribution in [0.25, 0.3) is 16.8 Å². The predicted octanol–water partition coefficient (Wildman–Crippen LogP) is 3.22. The third-order valence-corrected chi connectivity index (χ3v) is 5.13. The van der Waals surface area contributed by atoms with E-state index in [1.807, 2.05) is 22.9 Å². The zero-order chi connectivity index (χ0) is 17.1. The first kappa shape index (κ1) is 15.6. The molecule has 7 nitrogen and oxygen atoms in total. The molecule has 5 heterocycles. The number of H-pyrrole nitrogens is 1. The summed E-state index contributed by atoms with van der Waals surface area (Å²) in [6, 6.07) is 4.10. The van der Waals surface area contributed by atoms with Gasteiger partial charge in [-0.05, 0) is 25.3 Å². The fourth-order valence-corrected chi connectivity index (χ4v) is 3.70. The van der Waals surface area contributed by atoms with Crippen LogP contribution in [0.2, 0.25) is 0 Å². The first-order chi connectivity index (χ1) is 12.3. The molecule has 1 saturated heterocycles. The highest BCUT2D eigenvalue weighted by Gasteiger charge is 2.13. The molecule has 0 aliphatic carbocycles. The molecule has 0 atom stereocenters. The van der Waals surface area contributed by atoms with Crippen molar-refractivity contribution < 1.29 is 0 Å². The van der Waals surface area contributed by atoms with E-state index in [4.69, 9.17) is 5.26 Å². The molecule has 1 aliphatic rings. The number of piperidine rings is 1. The summed E-state index contributed by atoms with van der Waals surface area (Å²) in [6.07, 6.45) is 12.8. The van der Waals surface area contributed by atoms with Gasteiger partial charge in [0.15, 0.2) is 16.4 Å². The highest BCUT2D eigenvalue weighted by atomic mass is 32.1. The molecule has 4 aromatic heterocycles. The molecule has 0 bridgehead atoms. The van der Waals surface area contributed by atoms with E-state index in [1.165, 1.54) is 30.6 Å². The highest BCUT2D eigenvalue weighted by molar-refractivity contribution is 7.16. The SMILES string of the molecule is N#Cc1cnc(N2CCCCC2)s1.c1cn2c(cnc3[nH]ccc32)n1. The van der Waals surface area contributed by atoms with Gasteiger partial charge in [0.2, 0.25) is 0 Å². The molecule has 0 amide bonds. The van der Waals surface area contributed by atoms with Gasteiger partial charge < -0.3 is 9.88 Å². The van der Waals surface area contributed by atoms with Crippen molar-refractivity contribution in [2.75, 3.05) is 18.0 Å². The predicted molar refractivity (Wildman–Crippen MR) is 97.7 cm³/mol. The lowest BCUT2D eigenvalue weighted by Gasteiger charge is -2.25. The number of thiazole rings is 1. The Bertz CT molecular complexity index is 967. The molecule has 0 radical (unpaired) electrons. The maximum atomic E-state index is 8.65. The van der Waals surface area contributed by atoms with E-state index in [2.05, 4.69) is 30.9 Å². The molecule has 0 aromatic carbocycles. The molecule has 0 spiro atoms. The van der Waals surface area contributed by atoms with Crippen molar-refractivity contribution >= 4 is 33.3 Å². The molecule has 1 N–H and O–H groups in total. The Morgan fingerprint density at radius 2 is 2.00 bits per heavy atom. The smallest absolute Gasteiger partial charge is 0.186 e. The quantitative estimate of drug-likeness (QED) is 0.569. The first-order valence-corrected chi connectivity index (χ1v) is 9.03. The Hall–Kier alpha value is -2.92. The first-order valence-electron chi connectivity index (χ1n) is 8.21. The minimum atomic E-state index is 0.709. The maximum Gasteiger partial charge on any atom is 0.186 e. The van der Waals surface area contributed by atoms with Gasteiger partial charge in [0.1, 0.15) is 10.9 Å². The summed E-state index contributed by atoms with van der Waals surface area (Å²) in [6.45, 7) is 2.19. The van der Waals surface area contributed by atoms with Crippen LogP contribution in [0.5, 0.6) is 0 Å². The number of hydrogen-bond acceptors (Lipinski definition) is 6. The van der Waals surface area contributed by atoms with Gasteiger partial charge in [0, 0.05) is 31.7 Å². The van der Waals surface area contributed by atoms with Crippen molar-refractivity contribution in [2.24, 2.45) is 0 Å². The Balaban J connectivity index is 0.000000126. The maximum absolute atomic E-state index is 8.65. The lowest BCUT2D eigenvalue weighted by Crippen LogP contribution is -2.29. The molecular formula is C17H17N7S. The van der Waals surface area contributed by atoms with Crippen LogP contribution in [-0.4, -0.2) is 37.4 Å². The van der Waals surface area contributed by atoms with Gasteiger partial charge in [-0.25, -0.2) is 15.0 Å². The van der Waals surface area contributed by atoms with E-state index in [9.17, 15) is 0 Å². The second-order valence-corrected chi connectivity index (χ2v) is 6.80. The number of imidazole rings is 1. The van der Waals surface area contributed by atoms with Crippen LogP contribution in [0.15, 0.2) is 37.1 Å². The van der Waals surface area contributed by atoms with Gasteiger partial charge in [0.05, 0.1) is 17.9 Å². The highest BCUT2D eigenvalue weighted by Crippen LogP contribution is 2.24. The second kappa shape index (κ2) is 6.91. The third-order valence-electron chi connectivity index (χ3n) is 4.17. The van der Waals surface area contributed by atoms with Gasteiger partial charge in [-0.2, -0.15) is 5.26 Å². The molecule has 126 valence electrons. The summed E-state index contributed by atoms with van der Waals surface area (Å²) in [5.41, 5.74) is 2.83. The summed E-state index contributed by atoms with van der Waals surface area (Å²) >= 11 is 1.49. The van der Waals surface area contributed by atoms with Crippen molar-refractivity contribution in [3.8, 4) is 6.07 Å². The summed E-state index contributed by atoms with van der Waals surface area (Å²) in [4.78, 5) is 18.6. The zero-order valence-corrected chi connectivity index (χ0v) is 14.4. The molecule has 8 heteroatoms. The van der Waals surface area contributed by atoms with E-state index >= 15 is 0 Å². The van der Waals surface area contributed by atoms with Gasteiger partial charge >= 0.3 is 0 Å². The van der Waals surface area contributed by atoms with Gasteiger partial charge in [-0.1, -0.05) is 11.3 Å². The fraction of sp³-hybridized carbons (Fsp3) is 0.294. The Morgan fingerprint density at radius 1 is 1.12 bits per heavy atom.